The minimum atomic E-state index is -0.379. The van der Waals surface area contributed by atoms with Gasteiger partial charge in [0.05, 0.1) is 12.2 Å². The molecule has 0 aromatic rings. The Morgan fingerprint density at radius 1 is 0.722 bits per heavy atom. The van der Waals surface area contributed by atoms with Crippen molar-refractivity contribution in [1.29, 1.82) is 0 Å². The van der Waals surface area contributed by atoms with Crippen molar-refractivity contribution < 1.29 is 15.0 Å². The van der Waals surface area contributed by atoms with E-state index in [4.69, 9.17) is 0 Å². The number of hydrogen-bond donors (Lipinski definition) is 2. The van der Waals surface area contributed by atoms with E-state index < -0.39 is 0 Å². The van der Waals surface area contributed by atoms with Crippen molar-refractivity contribution in [2.75, 3.05) is 0 Å². The van der Waals surface area contributed by atoms with Crippen molar-refractivity contribution in [3.05, 3.63) is 0 Å². The van der Waals surface area contributed by atoms with Crippen molar-refractivity contribution in [3.63, 3.8) is 0 Å². The predicted octanol–water partition coefficient (Wildman–Crippen LogP) is 2.83. The molecule has 1 fully saturated rings. The van der Waals surface area contributed by atoms with Gasteiger partial charge in [-0.1, -0.05) is 32.1 Å². The monoisotopic (exact) mass is 256 g/mol. The third-order valence-electron chi connectivity index (χ3n) is 3.95. The van der Waals surface area contributed by atoms with Crippen LogP contribution in [0.1, 0.15) is 70.6 Å². The molecule has 0 aliphatic heterocycles. The normalized spacial score (nSPS) is 33.6. The second-order valence-electron chi connectivity index (χ2n) is 5.72. The Bertz CT molecular complexity index is 218. The fourth-order valence-electron chi connectivity index (χ4n) is 2.76. The quantitative estimate of drug-likeness (QED) is 0.709. The summed E-state index contributed by atoms with van der Waals surface area (Å²) >= 11 is 0. The highest BCUT2D eigenvalue weighted by atomic mass is 16.3. The SMILES string of the molecule is O=CC1CCCCCCCC(O)CCCC(O)C1. The summed E-state index contributed by atoms with van der Waals surface area (Å²) in [4.78, 5) is 10.9. The maximum atomic E-state index is 10.9. The Balaban J connectivity index is 2.37. The average Bonchev–Trinajstić information content (AvgIpc) is 2.35. The zero-order valence-corrected chi connectivity index (χ0v) is 11.4. The Morgan fingerprint density at radius 2 is 1.28 bits per heavy atom. The molecule has 1 rings (SSSR count). The van der Waals surface area contributed by atoms with E-state index >= 15 is 0 Å². The van der Waals surface area contributed by atoms with Crippen molar-refractivity contribution >= 4 is 6.29 Å². The van der Waals surface area contributed by atoms with Gasteiger partial charge in [0.15, 0.2) is 0 Å². The van der Waals surface area contributed by atoms with Crippen molar-refractivity contribution in [3.8, 4) is 0 Å². The molecule has 2 N–H and O–H groups in total. The molecule has 0 aromatic carbocycles. The molecular formula is C15H28O3. The maximum absolute atomic E-state index is 10.9. The Morgan fingerprint density at radius 3 is 2.00 bits per heavy atom. The van der Waals surface area contributed by atoms with Crippen LogP contribution in [0.15, 0.2) is 0 Å². The number of carbonyl (C=O) groups is 1. The number of carbonyl (C=O) groups excluding carboxylic acids is 1. The highest BCUT2D eigenvalue weighted by Crippen LogP contribution is 2.20. The lowest BCUT2D eigenvalue weighted by Crippen LogP contribution is -2.16. The minimum Gasteiger partial charge on any atom is -0.393 e. The van der Waals surface area contributed by atoms with Gasteiger partial charge in [-0.2, -0.15) is 0 Å². The van der Waals surface area contributed by atoms with Crippen molar-refractivity contribution in [2.24, 2.45) is 5.92 Å². The van der Waals surface area contributed by atoms with Gasteiger partial charge in [0.25, 0.3) is 0 Å². The van der Waals surface area contributed by atoms with Crippen LogP contribution in [0.5, 0.6) is 0 Å². The van der Waals surface area contributed by atoms with Crippen LogP contribution in [0, 0.1) is 5.92 Å². The molecule has 1 aliphatic carbocycles. The molecule has 0 spiro atoms. The highest BCUT2D eigenvalue weighted by molar-refractivity contribution is 5.53. The number of rotatable bonds is 1. The Kier molecular flexibility index (Phi) is 8.27. The topological polar surface area (TPSA) is 57.5 Å². The molecule has 3 atom stereocenters. The molecule has 0 heterocycles. The predicted molar refractivity (Wildman–Crippen MR) is 72.4 cm³/mol. The highest BCUT2D eigenvalue weighted by Gasteiger charge is 2.15. The first-order valence-corrected chi connectivity index (χ1v) is 7.53. The average molecular weight is 256 g/mol. The van der Waals surface area contributed by atoms with Crippen molar-refractivity contribution in [2.45, 2.75) is 82.8 Å². The lowest BCUT2D eigenvalue weighted by Gasteiger charge is -2.17. The van der Waals surface area contributed by atoms with E-state index in [2.05, 4.69) is 0 Å². The molecule has 18 heavy (non-hydrogen) atoms. The molecule has 1 saturated carbocycles. The number of aliphatic hydroxyl groups is 2. The standard InChI is InChI=1S/C15H28O3/c16-12-13-7-4-2-1-3-5-8-14(17)9-6-10-15(18)11-13/h12-15,17-18H,1-11H2. The van der Waals surface area contributed by atoms with Gasteiger partial charge >= 0.3 is 0 Å². The van der Waals surface area contributed by atoms with Gasteiger partial charge in [-0.15, -0.1) is 0 Å². The van der Waals surface area contributed by atoms with E-state index in [1.807, 2.05) is 0 Å². The van der Waals surface area contributed by atoms with Crippen LogP contribution in [0.2, 0.25) is 0 Å². The summed E-state index contributed by atoms with van der Waals surface area (Å²) in [5, 5.41) is 19.6. The van der Waals surface area contributed by atoms with E-state index in [9.17, 15) is 15.0 Å². The molecule has 0 aromatic heterocycles. The summed E-state index contributed by atoms with van der Waals surface area (Å²) < 4.78 is 0. The fourth-order valence-corrected chi connectivity index (χ4v) is 2.76. The zero-order chi connectivity index (χ0) is 13.2. The molecular weight excluding hydrogens is 228 g/mol. The third-order valence-corrected chi connectivity index (χ3v) is 3.95. The first kappa shape index (κ1) is 15.6. The minimum absolute atomic E-state index is 0.0212. The Hall–Kier alpha value is -0.410. The maximum Gasteiger partial charge on any atom is 0.123 e. The largest absolute Gasteiger partial charge is 0.393 e. The number of hydrogen-bond acceptors (Lipinski definition) is 3. The summed E-state index contributed by atoms with van der Waals surface area (Å²) in [5.74, 6) is 0.0212. The van der Waals surface area contributed by atoms with Gasteiger partial charge in [-0.3, -0.25) is 0 Å². The molecule has 0 radical (unpaired) electrons. The van der Waals surface area contributed by atoms with Gasteiger partial charge in [0, 0.05) is 5.92 Å². The summed E-state index contributed by atoms with van der Waals surface area (Å²) in [6.07, 6.45) is 10.9. The number of aldehydes is 1. The first-order valence-electron chi connectivity index (χ1n) is 7.53. The van der Waals surface area contributed by atoms with Crippen LogP contribution in [-0.4, -0.2) is 28.7 Å². The molecule has 3 unspecified atom stereocenters. The lowest BCUT2D eigenvalue weighted by molar-refractivity contribution is -0.112. The van der Waals surface area contributed by atoms with Crippen LogP contribution in [0.4, 0.5) is 0 Å². The van der Waals surface area contributed by atoms with Crippen LogP contribution in [0.25, 0.3) is 0 Å². The van der Waals surface area contributed by atoms with Gasteiger partial charge in [0.2, 0.25) is 0 Å². The molecule has 0 amide bonds. The number of aliphatic hydroxyl groups excluding tert-OH is 2. The van der Waals surface area contributed by atoms with E-state index in [0.29, 0.717) is 12.8 Å². The van der Waals surface area contributed by atoms with Crippen LogP contribution in [0.3, 0.4) is 0 Å². The van der Waals surface area contributed by atoms with Crippen LogP contribution >= 0.6 is 0 Å². The second kappa shape index (κ2) is 9.51. The second-order valence-corrected chi connectivity index (χ2v) is 5.72. The van der Waals surface area contributed by atoms with Crippen LogP contribution in [-0.2, 0) is 4.79 Å². The molecule has 1 aliphatic rings. The third kappa shape index (κ3) is 7.12. The van der Waals surface area contributed by atoms with E-state index in [1.165, 1.54) is 12.8 Å². The zero-order valence-electron chi connectivity index (χ0n) is 11.4. The molecule has 3 heteroatoms. The molecule has 0 saturated heterocycles. The van der Waals surface area contributed by atoms with E-state index in [1.54, 1.807) is 0 Å². The molecule has 106 valence electrons. The summed E-state index contributed by atoms with van der Waals surface area (Å²) in [6, 6.07) is 0. The van der Waals surface area contributed by atoms with Crippen LogP contribution < -0.4 is 0 Å². The summed E-state index contributed by atoms with van der Waals surface area (Å²) in [5.41, 5.74) is 0. The fraction of sp³-hybridized carbons (Fsp3) is 0.933. The van der Waals surface area contributed by atoms with Gasteiger partial charge < -0.3 is 15.0 Å². The van der Waals surface area contributed by atoms with E-state index in [0.717, 1.165) is 51.2 Å². The molecule has 0 bridgehead atoms. The first-order chi connectivity index (χ1) is 8.72. The smallest absolute Gasteiger partial charge is 0.123 e. The molecule has 3 nitrogen and oxygen atoms in total. The van der Waals surface area contributed by atoms with Gasteiger partial charge in [-0.25, -0.2) is 0 Å². The summed E-state index contributed by atoms with van der Waals surface area (Å²) in [7, 11) is 0. The lowest BCUT2D eigenvalue weighted by atomic mass is 9.92. The summed E-state index contributed by atoms with van der Waals surface area (Å²) in [6.45, 7) is 0. The van der Waals surface area contributed by atoms with Gasteiger partial charge in [-0.05, 0) is 38.5 Å². The Labute approximate surface area is 111 Å². The van der Waals surface area contributed by atoms with Gasteiger partial charge in [0.1, 0.15) is 6.29 Å². The van der Waals surface area contributed by atoms with Crippen molar-refractivity contribution in [1.82, 2.24) is 0 Å². The van der Waals surface area contributed by atoms with E-state index in [-0.39, 0.29) is 18.1 Å².